The van der Waals surface area contributed by atoms with Gasteiger partial charge in [-0.15, -0.1) is 0 Å². The fourth-order valence-corrected chi connectivity index (χ4v) is 3.01. The number of likely N-dealkylation sites (N-methyl/N-ethyl adjacent to an activating group) is 2. The minimum absolute atomic E-state index is 0.302. The molecule has 0 saturated carbocycles. The molecule has 0 aliphatic carbocycles. The maximum absolute atomic E-state index is 9.10. The topological polar surface area (TPSA) is 161 Å². The zero-order chi connectivity index (χ0) is 22.6. The second kappa shape index (κ2) is 13.7. The van der Waals surface area contributed by atoms with Crippen molar-refractivity contribution in [2.24, 2.45) is 0 Å². The number of rotatable bonds is 8. The van der Waals surface area contributed by atoms with Gasteiger partial charge >= 0.3 is 0 Å². The van der Waals surface area contributed by atoms with E-state index in [0.717, 1.165) is 0 Å². The van der Waals surface area contributed by atoms with Crippen LogP contribution in [0.25, 0.3) is 0 Å². The molecule has 0 fully saturated rings. The number of nitrogens with zero attached hydrogens (tertiary/aromatic N) is 2. The van der Waals surface area contributed by atoms with Crippen LogP contribution in [0.2, 0.25) is 0 Å². The number of hydrogen-bond acceptors (Lipinski definition) is 8. The Morgan fingerprint density at radius 1 is 0.630 bits per heavy atom. The van der Waals surface area contributed by atoms with Gasteiger partial charge in [0.2, 0.25) is 0 Å². The van der Waals surface area contributed by atoms with Gasteiger partial charge in [-0.25, -0.2) is 0 Å². The van der Waals surface area contributed by atoms with Crippen LogP contribution in [-0.4, -0.2) is 126 Å². The van der Waals surface area contributed by atoms with Crippen molar-refractivity contribution in [2.45, 2.75) is 52.1 Å². The van der Waals surface area contributed by atoms with E-state index in [4.69, 9.17) is 37.9 Å². The Labute approximate surface area is 164 Å². The molecule has 11 heteroatoms. The zero-order valence-corrected chi connectivity index (χ0v) is 18.7. The van der Waals surface area contributed by atoms with E-state index in [2.05, 4.69) is 0 Å². The molecule has 0 aliphatic rings. The Morgan fingerprint density at radius 3 is 0.815 bits per heavy atom. The number of aliphatic hydroxyl groups is 4. The summed E-state index contributed by atoms with van der Waals surface area (Å²) in [6.45, 7) is 9.81. The lowest BCUT2D eigenvalue weighted by Gasteiger charge is -2.31. The Hall–Kier alpha value is -0.370. The summed E-state index contributed by atoms with van der Waals surface area (Å²) in [5.74, 6) is 0. The first kappa shape index (κ1) is 31.3. The van der Waals surface area contributed by atoms with Gasteiger partial charge in [0.25, 0.3) is 0 Å². The van der Waals surface area contributed by atoms with E-state index in [0.29, 0.717) is 35.1 Å². The van der Waals surface area contributed by atoms with E-state index < -0.39 is 10.4 Å². The fraction of sp³-hybridized carbons (Fsp3) is 1.00. The molecule has 0 rings (SSSR count). The monoisotopic (exact) mass is 420 g/mol. The standard InChI is InChI=1S/2C8H20NO2.H2O4S/c2*1-7(10)5-9(3,4)6-8(2)11;1-5(2,3)4/h2*7-8,10-11H,5-6H2,1-4H3;(H2,1,2,3,4)/q2*+1;/p-2. The average molecular weight is 421 g/mol. The molecule has 0 aromatic heterocycles. The van der Waals surface area contributed by atoms with Crippen LogP contribution in [0.3, 0.4) is 0 Å². The second-order valence-corrected chi connectivity index (χ2v) is 9.22. The molecule has 0 amide bonds. The maximum atomic E-state index is 9.10. The van der Waals surface area contributed by atoms with Crippen LogP contribution in [0.1, 0.15) is 27.7 Å². The highest BCUT2D eigenvalue weighted by Crippen LogP contribution is 2.02. The van der Waals surface area contributed by atoms with Crippen LogP contribution in [0.15, 0.2) is 0 Å². The number of aliphatic hydroxyl groups excluding tert-OH is 4. The summed E-state index contributed by atoms with van der Waals surface area (Å²) in [5, 5.41) is 36.4. The van der Waals surface area contributed by atoms with E-state index in [9.17, 15) is 0 Å². The van der Waals surface area contributed by atoms with E-state index >= 15 is 0 Å². The van der Waals surface area contributed by atoms with Crippen molar-refractivity contribution < 1.29 is 46.9 Å². The molecule has 0 bridgehead atoms. The quantitative estimate of drug-likeness (QED) is 0.205. The molecule has 4 atom stereocenters. The van der Waals surface area contributed by atoms with Crippen molar-refractivity contribution in [3.05, 3.63) is 0 Å². The molecule has 168 valence electrons. The molecule has 0 radical (unpaired) electrons. The Kier molecular flexibility index (Phi) is 16.0. The molecule has 0 saturated heterocycles. The molecule has 27 heavy (non-hydrogen) atoms. The van der Waals surface area contributed by atoms with Gasteiger partial charge in [0, 0.05) is 10.4 Å². The molecule has 0 aromatic rings. The first-order chi connectivity index (χ1) is 11.7. The van der Waals surface area contributed by atoms with Crippen molar-refractivity contribution in [2.75, 3.05) is 54.4 Å². The van der Waals surface area contributed by atoms with E-state index in [1.165, 1.54) is 0 Å². The van der Waals surface area contributed by atoms with Gasteiger partial charge in [-0.05, 0) is 27.7 Å². The van der Waals surface area contributed by atoms with Crippen molar-refractivity contribution in [3.63, 3.8) is 0 Å². The zero-order valence-electron chi connectivity index (χ0n) is 17.9. The molecule has 4 unspecified atom stereocenters. The van der Waals surface area contributed by atoms with E-state index in [1.807, 2.05) is 28.2 Å². The van der Waals surface area contributed by atoms with Gasteiger partial charge in [-0.1, -0.05) is 0 Å². The first-order valence-electron chi connectivity index (χ1n) is 8.70. The fourth-order valence-electron chi connectivity index (χ4n) is 3.01. The molecule has 0 heterocycles. The molecular formula is C16H40N2O8S. The molecule has 0 aliphatic heterocycles. The molecule has 10 nitrogen and oxygen atoms in total. The summed E-state index contributed by atoms with van der Waals surface area (Å²) in [7, 11) is 2.83. The van der Waals surface area contributed by atoms with E-state index in [-0.39, 0.29) is 24.4 Å². The summed E-state index contributed by atoms with van der Waals surface area (Å²) in [6, 6.07) is 0. The lowest BCUT2D eigenvalue weighted by atomic mass is 10.3. The van der Waals surface area contributed by atoms with Crippen molar-refractivity contribution in [1.29, 1.82) is 0 Å². The second-order valence-electron chi connectivity index (χ2n) is 8.41. The highest BCUT2D eigenvalue weighted by atomic mass is 32.3. The van der Waals surface area contributed by atoms with Gasteiger partial charge in [-0.2, -0.15) is 0 Å². The van der Waals surface area contributed by atoms with Gasteiger partial charge < -0.3 is 38.5 Å². The van der Waals surface area contributed by atoms with Crippen LogP contribution in [0, 0.1) is 0 Å². The van der Waals surface area contributed by atoms with Crippen molar-refractivity contribution in [1.82, 2.24) is 0 Å². The minimum atomic E-state index is -5.17. The lowest BCUT2D eigenvalue weighted by molar-refractivity contribution is -0.895. The van der Waals surface area contributed by atoms with Crippen LogP contribution >= 0.6 is 0 Å². The van der Waals surface area contributed by atoms with Gasteiger partial charge in [0.05, 0.1) is 28.2 Å². The average Bonchev–Trinajstić information content (AvgIpc) is 2.17. The van der Waals surface area contributed by atoms with Gasteiger partial charge in [0.1, 0.15) is 50.6 Å². The molecular weight excluding hydrogens is 380 g/mol. The summed E-state index contributed by atoms with van der Waals surface area (Å²) >= 11 is 0. The Balaban J connectivity index is -0.000000344. The van der Waals surface area contributed by atoms with Crippen LogP contribution in [0.4, 0.5) is 0 Å². The predicted octanol–water partition coefficient (Wildman–Crippen LogP) is -1.69. The predicted molar refractivity (Wildman–Crippen MR) is 101 cm³/mol. The highest BCUT2D eigenvalue weighted by molar-refractivity contribution is 7.79. The third kappa shape index (κ3) is 37.1. The molecule has 0 spiro atoms. The van der Waals surface area contributed by atoms with Gasteiger partial charge in [-0.3, -0.25) is 8.42 Å². The van der Waals surface area contributed by atoms with Crippen LogP contribution < -0.4 is 0 Å². The third-order valence-corrected chi connectivity index (χ3v) is 3.03. The molecule has 0 aromatic carbocycles. The lowest BCUT2D eigenvalue weighted by Crippen LogP contribution is -2.48. The smallest absolute Gasteiger partial charge is 0.104 e. The van der Waals surface area contributed by atoms with E-state index in [1.54, 1.807) is 27.7 Å². The summed E-state index contributed by atoms with van der Waals surface area (Å²) in [4.78, 5) is 0. The molecule has 4 N–H and O–H groups in total. The Bertz CT molecular complexity index is 403. The van der Waals surface area contributed by atoms with Crippen LogP contribution in [-0.2, 0) is 10.4 Å². The van der Waals surface area contributed by atoms with Crippen molar-refractivity contribution >= 4 is 10.4 Å². The largest absolute Gasteiger partial charge is 0.759 e. The highest BCUT2D eigenvalue weighted by Gasteiger charge is 2.20. The number of quaternary nitrogens is 2. The normalized spacial score (nSPS) is 16.8. The third-order valence-electron chi connectivity index (χ3n) is 3.03. The Morgan fingerprint density at radius 2 is 0.741 bits per heavy atom. The van der Waals surface area contributed by atoms with Gasteiger partial charge in [0.15, 0.2) is 0 Å². The van der Waals surface area contributed by atoms with Crippen molar-refractivity contribution in [3.8, 4) is 0 Å². The minimum Gasteiger partial charge on any atom is -0.759 e. The number of hydrogen-bond donors (Lipinski definition) is 4. The summed E-state index contributed by atoms with van der Waals surface area (Å²) in [6.07, 6.45) is -1.21. The van der Waals surface area contributed by atoms with Crippen LogP contribution in [0.5, 0.6) is 0 Å². The maximum Gasteiger partial charge on any atom is 0.104 e. The summed E-state index contributed by atoms with van der Waals surface area (Å²) in [5.41, 5.74) is 0. The first-order valence-corrected chi connectivity index (χ1v) is 10.0. The summed E-state index contributed by atoms with van der Waals surface area (Å²) < 4.78 is 35.4. The SMILES string of the molecule is CC(O)C[N+](C)(C)CC(C)O.CC(O)C[N+](C)(C)CC(C)O.O=S(=O)([O-])[O-].